The van der Waals surface area contributed by atoms with Crippen LogP contribution in [0.3, 0.4) is 0 Å². The first kappa shape index (κ1) is 13.4. The van der Waals surface area contributed by atoms with Crippen LogP contribution in [0.15, 0.2) is 40.2 Å². The predicted molar refractivity (Wildman–Crippen MR) is 72.3 cm³/mol. The summed E-state index contributed by atoms with van der Waals surface area (Å²) in [4.78, 5) is 19.9. The Morgan fingerprint density at radius 2 is 2.32 bits per heavy atom. The van der Waals surface area contributed by atoms with Crippen molar-refractivity contribution in [1.29, 1.82) is 0 Å². The minimum Gasteiger partial charge on any atom is -0.467 e. The topological polar surface area (TPSA) is 94.0 Å². The molecule has 19 heavy (non-hydrogen) atoms. The van der Waals surface area contributed by atoms with Gasteiger partial charge in [-0.25, -0.2) is 9.97 Å². The number of thioether (sulfide) groups is 1. The largest absolute Gasteiger partial charge is 0.467 e. The third-order valence-corrected chi connectivity index (χ3v) is 3.47. The van der Waals surface area contributed by atoms with Crippen LogP contribution >= 0.6 is 11.8 Å². The monoisotopic (exact) mass is 278 g/mol. The third-order valence-electron chi connectivity index (χ3n) is 2.37. The van der Waals surface area contributed by atoms with Gasteiger partial charge in [0, 0.05) is 12.4 Å². The number of nitrogens with zero attached hydrogens (tertiary/aromatic N) is 2. The fourth-order valence-corrected chi connectivity index (χ4v) is 2.20. The second-order valence-corrected chi connectivity index (χ2v) is 5.13. The highest BCUT2D eigenvalue weighted by Gasteiger charge is 2.16. The molecule has 6 nitrogen and oxygen atoms in total. The summed E-state index contributed by atoms with van der Waals surface area (Å²) in [5, 5.41) is 3.03. The molecule has 0 bridgehead atoms. The van der Waals surface area contributed by atoms with Crippen molar-refractivity contribution in [3.8, 4) is 0 Å². The van der Waals surface area contributed by atoms with E-state index in [9.17, 15) is 4.79 Å². The van der Waals surface area contributed by atoms with Crippen LogP contribution in [-0.4, -0.2) is 21.1 Å². The molecule has 1 amide bonds. The van der Waals surface area contributed by atoms with Gasteiger partial charge in [0.15, 0.2) is 5.82 Å². The Balaban J connectivity index is 1.87. The van der Waals surface area contributed by atoms with E-state index in [-0.39, 0.29) is 11.2 Å². The fourth-order valence-electron chi connectivity index (χ4n) is 1.38. The molecule has 7 heteroatoms. The highest BCUT2D eigenvalue weighted by molar-refractivity contribution is 8.00. The van der Waals surface area contributed by atoms with E-state index in [2.05, 4.69) is 15.3 Å². The summed E-state index contributed by atoms with van der Waals surface area (Å²) >= 11 is 1.27. The van der Waals surface area contributed by atoms with Gasteiger partial charge in [-0.15, -0.1) is 0 Å². The standard InChI is InChI=1S/C12H14N4O2S/c1-8(19-12-10(13)14-4-5-15-12)11(17)16-7-9-3-2-6-18-9/h2-6,8H,7H2,1H3,(H2,13,14)(H,16,17). The van der Waals surface area contributed by atoms with Crippen LogP contribution in [0.25, 0.3) is 0 Å². The lowest BCUT2D eigenvalue weighted by Gasteiger charge is -2.11. The highest BCUT2D eigenvalue weighted by Crippen LogP contribution is 2.24. The van der Waals surface area contributed by atoms with Crippen molar-refractivity contribution in [3.63, 3.8) is 0 Å². The molecule has 100 valence electrons. The van der Waals surface area contributed by atoms with Crippen LogP contribution in [0, 0.1) is 0 Å². The number of rotatable bonds is 5. The first-order chi connectivity index (χ1) is 9.16. The molecule has 0 fully saturated rings. The van der Waals surface area contributed by atoms with Crippen LogP contribution in [0.4, 0.5) is 5.82 Å². The first-order valence-electron chi connectivity index (χ1n) is 5.70. The van der Waals surface area contributed by atoms with E-state index in [4.69, 9.17) is 10.2 Å². The Morgan fingerprint density at radius 1 is 1.53 bits per heavy atom. The highest BCUT2D eigenvalue weighted by atomic mass is 32.2. The Morgan fingerprint density at radius 3 is 3.00 bits per heavy atom. The van der Waals surface area contributed by atoms with Crippen molar-refractivity contribution in [1.82, 2.24) is 15.3 Å². The van der Waals surface area contributed by atoms with E-state index in [1.807, 2.05) is 0 Å². The van der Waals surface area contributed by atoms with E-state index in [1.54, 1.807) is 31.5 Å². The maximum Gasteiger partial charge on any atom is 0.233 e. The molecule has 0 aliphatic heterocycles. The van der Waals surface area contributed by atoms with Gasteiger partial charge in [-0.1, -0.05) is 11.8 Å². The summed E-state index contributed by atoms with van der Waals surface area (Å²) in [5.74, 6) is 0.939. The van der Waals surface area contributed by atoms with Gasteiger partial charge in [0.1, 0.15) is 10.8 Å². The van der Waals surface area contributed by atoms with Crippen LogP contribution in [0.1, 0.15) is 12.7 Å². The smallest absolute Gasteiger partial charge is 0.233 e. The molecule has 0 aliphatic carbocycles. The van der Waals surface area contributed by atoms with Gasteiger partial charge < -0.3 is 15.5 Å². The van der Waals surface area contributed by atoms with Crippen molar-refractivity contribution in [3.05, 3.63) is 36.5 Å². The molecule has 2 aromatic rings. The van der Waals surface area contributed by atoms with Gasteiger partial charge in [0.25, 0.3) is 0 Å². The molecule has 0 saturated carbocycles. The Hall–Kier alpha value is -2.02. The fraction of sp³-hybridized carbons (Fsp3) is 0.250. The summed E-state index contributed by atoms with van der Waals surface area (Å²) in [6.07, 6.45) is 4.63. The number of aromatic nitrogens is 2. The summed E-state index contributed by atoms with van der Waals surface area (Å²) in [5.41, 5.74) is 5.68. The number of anilines is 1. The van der Waals surface area contributed by atoms with Crippen molar-refractivity contribution in [2.45, 2.75) is 23.7 Å². The summed E-state index contributed by atoms with van der Waals surface area (Å²) in [7, 11) is 0. The molecule has 2 aromatic heterocycles. The average molecular weight is 278 g/mol. The lowest BCUT2D eigenvalue weighted by atomic mass is 10.4. The molecule has 0 saturated heterocycles. The molecule has 1 atom stereocenters. The molecular weight excluding hydrogens is 264 g/mol. The normalized spacial score (nSPS) is 12.1. The maximum atomic E-state index is 11.9. The van der Waals surface area contributed by atoms with Gasteiger partial charge in [0.05, 0.1) is 18.1 Å². The number of carbonyl (C=O) groups is 1. The number of hydrogen-bond donors (Lipinski definition) is 2. The Labute approximate surface area is 114 Å². The van der Waals surface area contributed by atoms with Gasteiger partial charge >= 0.3 is 0 Å². The van der Waals surface area contributed by atoms with Gasteiger partial charge in [0.2, 0.25) is 5.91 Å². The zero-order chi connectivity index (χ0) is 13.7. The summed E-state index contributed by atoms with van der Waals surface area (Å²) < 4.78 is 5.14. The number of nitrogens with one attached hydrogen (secondary N) is 1. The van der Waals surface area contributed by atoms with Gasteiger partial charge in [-0.2, -0.15) is 0 Å². The molecule has 2 rings (SSSR count). The average Bonchev–Trinajstić information content (AvgIpc) is 2.91. The lowest BCUT2D eigenvalue weighted by Crippen LogP contribution is -2.30. The van der Waals surface area contributed by atoms with Gasteiger partial charge in [-0.3, -0.25) is 4.79 Å². The van der Waals surface area contributed by atoms with Crippen LogP contribution in [0.5, 0.6) is 0 Å². The van der Waals surface area contributed by atoms with Gasteiger partial charge in [-0.05, 0) is 19.1 Å². The van der Waals surface area contributed by atoms with Crippen molar-refractivity contribution in [2.75, 3.05) is 5.73 Å². The first-order valence-corrected chi connectivity index (χ1v) is 6.58. The zero-order valence-electron chi connectivity index (χ0n) is 10.4. The van der Waals surface area contributed by atoms with Crippen molar-refractivity contribution < 1.29 is 9.21 Å². The zero-order valence-corrected chi connectivity index (χ0v) is 11.2. The summed E-state index contributed by atoms with van der Waals surface area (Å²) in [6.45, 7) is 2.16. The molecule has 0 spiro atoms. The number of furan rings is 1. The molecule has 0 aromatic carbocycles. The second kappa shape index (κ2) is 6.24. The predicted octanol–water partition coefficient (Wildman–Crippen LogP) is 1.45. The SMILES string of the molecule is CC(Sc1nccnc1N)C(=O)NCc1ccco1. The Kier molecular flexibility index (Phi) is 4.40. The number of hydrogen-bond acceptors (Lipinski definition) is 6. The lowest BCUT2D eigenvalue weighted by molar-refractivity contribution is -0.120. The van der Waals surface area contributed by atoms with E-state index in [0.717, 1.165) is 0 Å². The van der Waals surface area contributed by atoms with E-state index >= 15 is 0 Å². The molecule has 0 radical (unpaired) electrons. The molecule has 1 unspecified atom stereocenters. The number of nitrogen functional groups attached to an aromatic ring is 1. The minimum atomic E-state index is -0.311. The molecule has 3 N–H and O–H groups in total. The number of amides is 1. The van der Waals surface area contributed by atoms with Crippen LogP contribution in [-0.2, 0) is 11.3 Å². The number of carbonyl (C=O) groups excluding carboxylic acids is 1. The summed E-state index contributed by atoms with van der Waals surface area (Å²) in [6, 6.07) is 3.58. The quantitative estimate of drug-likeness (QED) is 0.804. The van der Waals surface area contributed by atoms with Crippen molar-refractivity contribution in [2.24, 2.45) is 0 Å². The second-order valence-electron chi connectivity index (χ2n) is 3.80. The Bertz CT molecular complexity index is 544. The minimum absolute atomic E-state index is 0.105. The molecule has 2 heterocycles. The molecule has 0 aliphatic rings. The number of nitrogens with two attached hydrogens (primary N) is 1. The van der Waals surface area contributed by atoms with E-state index < -0.39 is 0 Å². The molecular formula is C12H14N4O2S. The van der Waals surface area contributed by atoms with Crippen LogP contribution in [0.2, 0.25) is 0 Å². The van der Waals surface area contributed by atoms with E-state index in [0.29, 0.717) is 23.1 Å². The third kappa shape index (κ3) is 3.72. The van der Waals surface area contributed by atoms with Crippen molar-refractivity contribution >= 4 is 23.5 Å². The van der Waals surface area contributed by atoms with Crippen LogP contribution < -0.4 is 11.1 Å². The maximum absolute atomic E-state index is 11.9. The van der Waals surface area contributed by atoms with E-state index in [1.165, 1.54) is 18.0 Å².